The standard InChI is InChI=1S/C19H12Cl2N4O/c20-14-5-6-16(21)17(9-14)25-19(26)13-4-7-18(23-11-13)24-15-3-1-2-12(8-15)10-22/h1-9,11H,(H,23,24)(H,25,26). The third-order valence-corrected chi connectivity index (χ3v) is 4.03. The number of rotatable bonds is 4. The molecule has 0 aliphatic carbocycles. The minimum atomic E-state index is -0.348. The van der Waals surface area contributed by atoms with Crippen molar-refractivity contribution in [3.8, 4) is 6.07 Å². The Morgan fingerprint density at radius 3 is 2.65 bits per heavy atom. The Bertz CT molecular complexity index is 997. The minimum Gasteiger partial charge on any atom is -0.340 e. The topological polar surface area (TPSA) is 77.8 Å². The van der Waals surface area contributed by atoms with Crippen LogP contribution < -0.4 is 10.6 Å². The van der Waals surface area contributed by atoms with Gasteiger partial charge < -0.3 is 10.6 Å². The van der Waals surface area contributed by atoms with Crippen LogP contribution in [0, 0.1) is 11.3 Å². The van der Waals surface area contributed by atoms with Gasteiger partial charge in [0, 0.05) is 16.9 Å². The fourth-order valence-corrected chi connectivity index (χ4v) is 2.54. The van der Waals surface area contributed by atoms with Crippen LogP contribution in [0.15, 0.2) is 60.8 Å². The van der Waals surface area contributed by atoms with Gasteiger partial charge in [-0.25, -0.2) is 4.98 Å². The summed E-state index contributed by atoms with van der Waals surface area (Å²) in [5, 5.41) is 15.6. The number of pyridine rings is 1. The SMILES string of the molecule is N#Cc1cccc(Nc2ccc(C(=O)Nc3cc(Cl)ccc3Cl)cn2)c1. The van der Waals surface area contributed by atoms with E-state index in [4.69, 9.17) is 28.5 Å². The van der Waals surface area contributed by atoms with Gasteiger partial charge in [-0.05, 0) is 48.5 Å². The summed E-state index contributed by atoms with van der Waals surface area (Å²) >= 11 is 12.0. The van der Waals surface area contributed by atoms with Crippen molar-refractivity contribution >= 4 is 46.3 Å². The number of amides is 1. The molecule has 0 saturated heterocycles. The quantitative estimate of drug-likeness (QED) is 0.645. The number of aromatic nitrogens is 1. The van der Waals surface area contributed by atoms with E-state index in [1.807, 2.05) is 6.07 Å². The zero-order valence-electron chi connectivity index (χ0n) is 13.3. The van der Waals surface area contributed by atoms with E-state index in [0.717, 1.165) is 5.69 Å². The molecule has 128 valence electrons. The van der Waals surface area contributed by atoms with Crippen LogP contribution in [0.25, 0.3) is 0 Å². The summed E-state index contributed by atoms with van der Waals surface area (Å²) < 4.78 is 0. The van der Waals surface area contributed by atoms with E-state index in [1.54, 1.807) is 48.5 Å². The summed E-state index contributed by atoms with van der Waals surface area (Å²) in [6, 6.07) is 17.2. The third-order valence-electron chi connectivity index (χ3n) is 3.47. The fraction of sp³-hybridized carbons (Fsp3) is 0. The highest BCUT2D eigenvalue weighted by Gasteiger charge is 2.10. The summed E-state index contributed by atoms with van der Waals surface area (Å²) in [5.74, 6) is 0.206. The molecule has 7 heteroatoms. The second kappa shape index (κ2) is 7.87. The highest BCUT2D eigenvalue weighted by molar-refractivity contribution is 6.35. The Kier molecular flexibility index (Phi) is 5.37. The van der Waals surface area contributed by atoms with E-state index in [-0.39, 0.29) is 5.91 Å². The van der Waals surface area contributed by atoms with Gasteiger partial charge in [-0.1, -0.05) is 29.3 Å². The highest BCUT2D eigenvalue weighted by Crippen LogP contribution is 2.26. The largest absolute Gasteiger partial charge is 0.340 e. The van der Waals surface area contributed by atoms with E-state index in [9.17, 15) is 4.79 Å². The van der Waals surface area contributed by atoms with Crippen molar-refractivity contribution in [1.29, 1.82) is 5.26 Å². The number of carbonyl (C=O) groups is 1. The lowest BCUT2D eigenvalue weighted by Gasteiger charge is -2.09. The Labute approximate surface area is 160 Å². The first-order valence-corrected chi connectivity index (χ1v) is 8.30. The van der Waals surface area contributed by atoms with Crippen LogP contribution in [0.5, 0.6) is 0 Å². The van der Waals surface area contributed by atoms with Crippen molar-refractivity contribution in [2.45, 2.75) is 0 Å². The molecule has 2 N–H and O–H groups in total. The number of carbonyl (C=O) groups excluding carboxylic acids is 1. The summed E-state index contributed by atoms with van der Waals surface area (Å²) in [5.41, 5.74) is 2.08. The summed E-state index contributed by atoms with van der Waals surface area (Å²) in [6.45, 7) is 0. The zero-order chi connectivity index (χ0) is 18.5. The number of nitrogens with one attached hydrogen (secondary N) is 2. The van der Waals surface area contributed by atoms with Crippen molar-refractivity contribution in [3.05, 3.63) is 82.0 Å². The van der Waals surface area contributed by atoms with Crippen molar-refractivity contribution in [1.82, 2.24) is 4.98 Å². The molecule has 1 heterocycles. The average Bonchev–Trinajstić information content (AvgIpc) is 2.65. The van der Waals surface area contributed by atoms with Gasteiger partial charge in [0.05, 0.1) is 27.9 Å². The number of nitrogens with zero attached hydrogens (tertiary/aromatic N) is 2. The first-order chi connectivity index (χ1) is 12.5. The second-order valence-corrected chi connectivity index (χ2v) is 6.17. The van der Waals surface area contributed by atoms with Crippen molar-refractivity contribution < 1.29 is 4.79 Å². The predicted molar refractivity (Wildman–Crippen MR) is 103 cm³/mol. The van der Waals surface area contributed by atoms with Gasteiger partial charge in [-0.2, -0.15) is 5.26 Å². The Morgan fingerprint density at radius 2 is 1.92 bits per heavy atom. The van der Waals surface area contributed by atoms with Gasteiger partial charge in [0.1, 0.15) is 5.82 Å². The molecule has 1 aromatic heterocycles. The van der Waals surface area contributed by atoms with E-state index >= 15 is 0 Å². The maximum atomic E-state index is 12.3. The predicted octanol–water partition coefficient (Wildman–Crippen LogP) is 5.26. The van der Waals surface area contributed by atoms with Crippen LogP contribution in [-0.2, 0) is 0 Å². The van der Waals surface area contributed by atoms with Crippen LogP contribution in [0.2, 0.25) is 10.0 Å². The second-order valence-electron chi connectivity index (χ2n) is 5.33. The van der Waals surface area contributed by atoms with Crippen LogP contribution >= 0.6 is 23.2 Å². The lowest BCUT2D eigenvalue weighted by atomic mass is 10.2. The number of halogens is 2. The molecule has 2 aromatic carbocycles. The van der Waals surface area contributed by atoms with Gasteiger partial charge in [0.2, 0.25) is 0 Å². The van der Waals surface area contributed by atoms with Crippen LogP contribution in [0.3, 0.4) is 0 Å². The molecule has 0 radical (unpaired) electrons. The summed E-state index contributed by atoms with van der Waals surface area (Å²) in [4.78, 5) is 16.5. The number of hydrogen-bond acceptors (Lipinski definition) is 4. The van der Waals surface area contributed by atoms with E-state index in [1.165, 1.54) is 6.20 Å². The molecule has 0 atom stereocenters. The van der Waals surface area contributed by atoms with Crippen LogP contribution in [0.4, 0.5) is 17.2 Å². The fourth-order valence-electron chi connectivity index (χ4n) is 2.20. The number of benzene rings is 2. The Balaban J connectivity index is 1.71. The van der Waals surface area contributed by atoms with Gasteiger partial charge in [0.25, 0.3) is 5.91 Å². The van der Waals surface area contributed by atoms with Gasteiger partial charge >= 0.3 is 0 Å². The average molecular weight is 383 g/mol. The number of hydrogen-bond donors (Lipinski definition) is 2. The first kappa shape index (κ1) is 17.7. The van der Waals surface area contributed by atoms with Crippen molar-refractivity contribution in [2.24, 2.45) is 0 Å². The van der Waals surface area contributed by atoms with Gasteiger partial charge in [-0.3, -0.25) is 4.79 Å². The van der Waals surface area contributed by atoms with E-state index < -0.39 is 0 Å². The van der Waals surface area contributed by atoms with E-state index in [0.29, 0.717) is 32.7 Å². The normalized spacial score (nSPS) is 10.0. The molecule has 3 aromatic rings. The smallest absolute Gasteiger partial charge is 0.257 e. The lowest BCUT2D eigenvalue weighted by molar-refractivity contribution is 0.102. The molecule has 26 heavy (non-hydrogen) atoms. The molecule has 5 nitrogen and oxygen atoms in total. The van der Waals surface area contributed by atoms with Crippen LogP contribution in [0.1, 0.15) is 15.9 Å². The number of nitriles is 1. The van der Waals surface area contributed by atoms with E-state index in [2.05, 4.69) is 21.7 Å². The molecule has 0 bridgehead atoms. The third kappa shape index (κ3) is 4.31. The molecule has 1 amide bonds. The van der Waals surface area contributed by atoms with Crippen LogP contribution in [-0.4, -0.2) is 10.9 Å². The highest BCUT2D eigenvalue weighted by atomic mass is 35.5. The summed E-state index contributed by atoms with van der Waals surface area (Å²) in [6.07, 6.45) is 1.45. The lowest BCUT2D eigenvalue weighted by Crippen LogP contribution is -2.12. The zero-order valence-corrected chi connectivity index (χ0v) is 14.8. The Hall–Kier alpha value is -3.07. The molecule has 0 unspecified atom stereocenters. The maximum Gasteiger partial charge on any atom is 0.257 e. The number of anilines is 3. The molecule has 0 aliphatic rings. The van der Waals surface area contributed by atoms with Crippen molar-refractivity contribution in [3.63, 3.8) is 0 Å². The first-order valence-electron chi connectivity index (χ1n) is 7.55. The minimum absolute atomic E-state index is 0.348. The monoisotopic (exact) mass is 382 g/mol. The summed E-state index contributed by atoms with van der Waals surface area (Å²) in [7, 11) is 0. The maximum absolute atomic E-state index is 12.3. The van der Waals surface area contributed by atoms with Crippen molar-refractivity contribution in [2.75, 3.05) is 10.6 Å². The molecule has 0 aliphatic heterocycles. The molecular weight excluding hydrogens is 371 g/mol. The van der Waals surface area contributed by atoms with Gasteiger partial charge in [0.15, 0.2) is 0 Å². The molecule has 0 fully saturated rings. The molecule has 0 saturated carbocycles. The molecular formula is C19H12Cl2N4O. The molecule has 3 rings (SSSR count). The van der Waals surface area contributed by atoms with Gasteiger partial charge in [-0.15, -0.1) is 0 Å². The Morgan fingerprint density at radius 1 is 1.08 bits per heavy atom. The molecule has 0 spiro atoms.